The minimum Gasteiger partial charge on any atom is -0.360 e. The Morgan fingerprint density at radius 1 is 1.09 bits per heavy atom. The Morgan fingerprint density at radius 3 is 2.68 bits per heavy atom. The SMILES string of the molecule is C[C@H](Nc1ncnc2scnc12)c1cc2cccc(Cl)c2c(=O)n1-c1cccc(C(F)(F)F)c1. The van der Waals surface area contributed by atoms with Crippen molar-refractivity contribution in [2.24, 2.45) is 0 Å². The number of alkyl halides is 3. The molecule has 0 aliphatic rings. The molecule has 0 aliphatic carbocycles. The van der Waals surface area contributed by atoms with E-state index in [1.807, 2.05) is 0 Å². The van der Waals surface area contributed by atoms with Crippen molar-refractivity contribution in [2.75, 3.05) is 5.32 Å². The standard InChI is InChI=1S/C23H15ClF3N5OS/c1-12(31-20-19-21(29-10-28-20)34-11-30-19)17-8-13-4-2-7-16(24)18(13)22(33)32(17)15-6-3-5-14(9-15)23(25,26)27/h2-12H,1H3,(H,28,29,31)/t12-/m0/s1. The van der Waals surface area contributed by atoms with Gasteiger partial charge in [-0.05, 0) is 42.6 Å². The van der Waals surface area contributed by atoms with Crippen molar-refractivity contribution >= 4 is 49.9 Å². The lowest BCUT2D eigenvalue weighted by Crippen LogP contribution is -2.26. The first kappa shape index (κ1) is 22.3. The zero-order valence-electron chi connectivity index (χ0n) is 17.5. The van der Waals surface area contributed by atoms with Gasteiger partial charge in [-0.25, -0.2) is 15.0 Å². The molecule has 2 aromatic carbocycles. The van der Waals surface area contributed by atoms with E-state index in [1.54, 1.807) is 36.7 Å². The lowest BCUT2D eigenvalue weighted by molar-refractivity contribution is -0.137. The summed E-state index contributed by atoms with van der Waals surface area (Å²) in [6.07, 6.45) is -3.16. The molecule has 0 aliphatic heterocycles. The molecule has 0 unspecified atom stereocenters. The number of thiazole rings is 1. The quantitative estimate of drug-likeness (QED) is 0.316. The maximum Gasteiger partial charge on any atom is 0.416 e. The van der Waals surface area contributed by atoms with E-state index in [0.29, 0.717) is 27.2 Å². The third-order valence-electron chi connectivity index (χ3n) is 5.39. The van der Waals surface area contributed by atoms with Crippen molar-refractivity contribution in [3.8, 4) is 5.69 Å². The van der Waals surface area contributed by atoms with Gasteiger partial charge in [-0.15, -0.1) is 11.3 Å². The number of halogens is 4. The molecular weight excluding hydrogens is 487 g/mol. The third kappa shape index (κ3) is 3.88. The molecule has 0 saturated heterocycles. The van der Waals surface area contributed by atoms with Gasteiger partial charge in [0.15, 0.2) is 5.82 Å². The van der Waals surface area contributed by atoms with Gasteiger partial charge in [0.05, 0.1) is 27.5 Å². The lowest BCUT2D eigenvalue weighted by Gasteiger charge is -2.22. The summed E-state index contributed by atoms with van der Waals surface area (Å²) >= 11 is 7.66. The molecule has 11 heteroatoms. The lowest BCUT2D eigenvalue weighted by atomic mass is 10.1. The maximum atomic E-state index is 13.6. The Labute approximate surface area is 199 Å². The van der Waals surface area contributed by atoms with E-state index in [2.05, 4.69) is 20.3 Å². The van der Waals surface area contributed by atoms with Crippen LogP contribution in [0.1, 0.15) is 24.2 Å². The minimum absolute atomic E-state index is 0.0757. The monoisotopic (exact) mass is 501 g/mol. The van der Waals surface area contributed by atoms with Gasteiger partial charge in [-0.1, -0.05) is 29.8 Å². The summed E-state index contributed by atoms with van der Waals surface area (Å²) in [5.41, 5.74) is 1.34. The molecule has 1 atom stereocenters. The van der Waals surface area contributed by atoms with Crippen LogP contribution < -0.4 is 10.9 Å². The average molecular weight is 502 g/mol. The first-order chi connectivity index (χ1) is 16.2. The molecule has 5 rings (SSSR count). The van der Waals surface area contributed by atoms with Gasteiger partial charge in [-0.3, -0.25) is 9.36 Å². The molecule has 0 amide bonds. The molecule has 5 aromatic rings. The van der Waals surface area contributed by atoms with Crippen molar-refractivity contribution in [3.05, 3.63) is 87.0 Å². The van der Waals surface area contributed by atoms with Gasteiger partial charge in [0.2, 0.25) is 0 Å². The number of nitrogens with zero attached hydrogens (tertiary/aromatic N) is 4. The Kier molecular flexibility index (Phi) is 5.49. The first-order valence-electron chi connectivity index (χ1n) is 10.1. The Hall–Kier alpha value is -3.50. The van der Waals surface area contributed by atoms with Crippen molar-refractivity contribution in [1.82, 2.24) is 19.5 Å². The van der Waals surface area contributed by atoms with Gasteiger partial charge in [0, 0.05) is 11.4 Å². The normalized spacial score (nSPS) is 12.9. The van der Waals surface area contributed by atoms with Gasteiger partial charge in [0.25, 0.3) is 5.56 Å². The fourth-order valence-corrected chi connectivity index (χ4v) is 4.71. The van der Waals surface area contributed by atoms with E-state index in [-0.39, 0.29) is 16.1 Å². The molecule has 0 bridgehead atoms. The van der Waals surface area contributed by atoms with Gasteiger partial charge >= 0.3 is 6.18 Å². The van der Waals surface area contributed by atoms with Crippen LogP contribution in [-0.4, -0.2) is 19.5 Å². The second-order valence-corrected chi connectivity index (χ2v) is 8.80. The van der Waals surface area contributed by atoms with E-state index in [4.69, 9.17) is 11.6 Å². The topological polar surface area (TPSA) is 72.7 Å². The van der Waals surface area contributed by atoms with Crippen LogP contribution in [0.5, 0.6) is 0 Å². The second-order valence-electron chi connectivity index (χ2n) is 7.56. The van der Waals surface area contributed by atoms with Crippen LogP contribution >= 0.6 is 22.9 Å². The molecule has 3 aromatic heterocycles. The smallest absolute Gasteiger partial charge is 0.360 e. The highest BCUT2D eigenvalue weighted by molar-refractivity contribution is 7.16. The fourth-order valence-electron chi connectivity index (χ4n) is 3.82. The molecule has 172 valence electrons. The number of fused-ring (bicyclic) bond motifs is 2. The largest absolute Gasteiger partial charge is 0.416 e. The van der Waals surface area contributed by atoms with Crippen LogP contribution in [0.4, 0.5) is 19.0 Å². The summed E-state index contributed by atoms with van der Waals surface area (Å²) in [4.78, 5) is 27.0. The minimum atomic E-state index is -4.56. The summed E-state index contributed by atoms with van der Waals surface area (Å²) in [5, 5.41) is 4.24. The summed E-state index contributed by atoms with van der Waals surface area (Å²) < 4.78 is 41.5. The Morgan fingerprint density at radius 2 is 1.88 bits per heavy atom. The fraction of sp³-hybridized carbons (Fsp3) is 0.130. The number of pyridine rings is 1. The number of nitrogens with one attached hydrogen (secondary N) is 1. The van der Waals surface area contributed by atoms with Crippen LogP contribution in [0.15, 0.2) is 65.2 Å². The van der Waals surface area contributed by atoms with Gasteiger partial charge < -0.3 is 5.32 Å². The molecule has 0 saturated carbocycles. The van der Waals surface area contributed by atoms with Crippen LogP contribution in [0.3, 0.4) is 0 Å². The molecule has 1 N–H and O–H groups in total. The van der Waals surface area contributed by atoms with E-state index in [9.17, 15) is 18.0 Å². The summed E-state index contributed by atoms with van der Waals surface area (Å²) in [6.45, 7) is 1.79. The third-order valence-corrected chi connectivity index (χ3v) is 6.44. The zero-order valence-corrected chi connectivity index (χ0v) is 19.0. The van der Waals surface area contributed by atoms with E-state index >= 15 is 0 Å². The van der Waals surface area contributed by atoms with Crippen molar-refractivity contribution < 1.29 is 13.2 Å². The molecule has 3 heterocycles. The number of benzene rings is 2. The van der Waals surface area contributed by atoms with E-state index < -0.39 is 23.3 Å². The Bertz CT molecular complexity index is 1600. The number of hydrogen-bond acceptors (Lipinski definition) is 6. The zero-order chi connectivity index (χ0) is 24.0. The predicted molar refractivity (Wildman–Crippen MR) is 127 cm³/mol. The molecule has 6 nitrogen and oxygen atoms in total. The number of hydrogen-bond donors (Lipinski definition) is 1. The van der Waals surface area contributed by atoms with Crippen molar-refractivity contribution in [1.29, 1.82) is 0 Å². The number of aromatic nitrogens is 4. The van der Waals surface area contributed by atoms with Crippen LogP contribution in [0, 0.1) is 0 Å². The van der Waals surface area contributed by atoms with Crippen molar-refractivity contribution in [3.63, 3.8) is 0 Å². The highest BCUT2D eigenvalue weighted by atomic mass is 35.5. The summed E-state index contributed by atoms with van der Waals surface area (Å²) in [6, 6.07) is 10.9. The molecule has 0 spiro atoms. The number of anilines is 1. The Balaban J connectivity index is 1.73. The summed E-state index contributed by atoms with van der Waals surface area (Å²) in [7, 11) is 0. The van der Waals surface area contributed by atoms with Crippen LogP contribution in [0.25, 0.3) is 26.8 Å². The molecule has 0 fully saturated rings. The van der Waals surface area contributed by atoms with Crippen LogP contribution in [0.2, 0.25) is 5.02 Å². The summed E-state index contributed by atoms with van der Waals surface area (Å²) in [5.74, 6) is 0.452. The highest BCUT2D eigenvalue weighted by Gasteiger charge is 2.31. The highest BCUT2D eigenvalue weighted by Crippen LogP contribution is 2.32. The average Bonchev–Trinajstić information content (AvgIpc) is 3.28. The molecule has 0 radical (unpaired) electrons. The van der Waals surface area contributed by atoms with Gasteiger partial charge in [0.1, 0.15) is 16.7 Å². The van der Waals surface area contributed by atoms with Crippen molar-refractivity contribution in [2.45, 2.75) is 19.1 Å². The predicted octanol–water partition coefficient (Wildman–Crippen LogP) is 6.24. The first-order valence-corrected chi connectivity index (χ1v) is 11.3. The van der Waals surface area contributed by atoms with Gasteiger partial charge in [-0.2, -0.15) is 13.2 Å². The molecular formula is C23H15ClF3N5OS. The van der Waals surface area contributed by atoms with E-state index in [1.165, 1.54) is 34.4 Å². The maximum absolute atomic E-state index is 13.6. The second kappa shape index (κ2) is 8.37. The van der Waals surface area contributed by atoms with E-state index in [0.717, 1.165) is 12.1 Å². The molecule has 34 heavy (non-hydrogen) atoms. The van der Waals surface area contributed by atoms with Crippen LogP contribution in [-0.2, 0) is 6.18 Å². The number of rotatable bonds is 4.